The maximum atomic E-state index is 14.2. The SMILES string of the molecule is CCNC(=O)OCc1nc(Cn2nc(-c3ccc(Cl)cc3)n(C[C@H](OC3OC3NCC)C(F)(F)F)c2=O)nn1-c1ccccc1C(F)(F)F. The first-order chi connectivity index (χ1) is 23.2. The van der Waals surface area contributed by atoms with Crippen molar-refractivity contribution in [1.82, 2.24) is 39.7 Å². The molecule has 2 N–H and O–H groups in total. The van der Waals surface area contributed by atoms with E-state index in [-0.39, 0.29) is 29.6 Å². The van der Waals surface area contributed by atoms with E-state index in [2.05, 4.69) is 25.8 Å². The monoisotopic (exact) mass is 718 g/mol. The summed E-state index contributed by atoms with van der Waals surface area (Å²) in [7, 11) is 0. The smallest absolute Gasteiger partial charge is 0.418 e. The maximum absolute atomic E-state index is 14.2. The van der Waals surface area contributed by atoms with Gasteiger partial charge in [-0.25, -0.2) is 23.9 Å². The number of aromatic nitrogens is 6. The highest BCUT2D eigenvalue weighted by Gasteiger charge is 2.49. The second kappa shape index (κ2) is 14.6. The molecule has 1 fully saturated rings. The molecule has 0 spiro atoms. The number of nitrogens with zero attached hydrogens (tertiary/aromatic N) is 6. The summed E-state index contributed by atoms with van der Waals surface area (Å²) < 4.78 is 102. The van der Waals surface area contributed by atoms with Crippen LogP contribution in [0.1, 0.15) is 31.1 Å². The van der Waals surface area contributed by atoms with E-state index in [1.54, 1.807) is 13.8 Å². The summed E-state index contributed by atoms with van der Waals surface area (Å²) >= 11 is 5.99. The first-order valence-corrected chi connectivity index (χ1v) is 15.1. The Morgan fingerprint density at radius 3 is 2.41 bits per heavy atom. The molecule has 3 heterocycles. The first kappa shape index (κ1) is 35.8. The zero-order valence-corrected chi connectivity index (χ0v) is 26.5. The lowest BCUT2D eigenvalue weighted by atomic mass is 10.1. The fourth-order valence-corrected chi connectivity index (χ4v) is 4.85. The Morgan fingerprint density at radius 2 is 1.76 bits per heavy atom. The fourth-order valence-electron chi connectivity index (χ4n) is 4.72. The minimum absolute atomic E-state index is 0.193. The quantitative estimate of drug-likeness (QED) is 0.151. The second-order valence-electron chi connectivity index (χ2n) is 10.5. The fraction of sp³-hybridized carbons (Fsp3) is 0.414. The number of para-hydroxylation sites is 1. The van der Waals surface area contributed by atoms with Crippen LogP contribution in [0.25, 0.3) is 17.1 Å². The van der Waals surface area contributed by atoms with E-state index in [9.17, 15) is 35.9 Å². The number of benzene rings is 2. The molecule has 1 saturated heterocycles. The molecule has 0 saturated carbocycles. The molecular formula is C29H29ClF6N8O5. The van der Waals surface area contributed by atoms with Gasteiger partial charge in [0, 0.05) is 17.1 Å². The van der Waals surface area contributed by atoms with Gasteiger partial charge < -0.3 is 19.5 Å². The molecule has 5 rings (SSSR count). The number of epoxide rings is 1. The Bertz CT molecular complexity index is 1830. The Kier molecular flexibility index (Phi) is 10.7. The summed E-state index contributed by atoms with van der Waals surface area (Å²) in [6.45, 7) is 1.75. The average molecular weight is 719 g/mol. The van der Waals surface area contributed by atoms with E-state index >= 15 is 0 Å². The molecule has 0 bridgehead atoms. The summed E-state index contributed by atoms with van der Waals surface area (Å²) in [5.74, 6) is -0.695. The van der Waals surface area contributed by atoms with E-state index < -0.39 is 73.7 Å². The highest BCUT2D eigenvalue weighted by Crippen LogP contribution is 2.34. The number of hydrogen-bond donors (Lipinski definition) is 2. The van der Waals surface area contributed by atoms with Gasteiger partial charge >= 0.3 is 24.1 Å². The summed E-state index contributed by atoms with van der Waals surface area (Å²) in [6.07, 6.45) is -15.0. The lowest BCUT2D eigenvalue weighted by molar-refractivity contribution is -0.235. The molecule has 0 radical (unpaired) electrons. The first-order valence-electron chi connectivity index (χ1n) is 14.8. The van der Waals surface area contributed by atoms with Crippen LogP contribution in [0.4, 0.5) is 31.1 Å². The Labute approximate surface area is 278 Å². The summed E-state index contributed by atoms with van der Waals surface area (Å²) in [5.41, 5.74) is -2.34. The van der Waals surface area contributed by atoms with Crippen molar-refractivity contribution in [1.29, 1.82) is 0 Å². The Morgan fingerprint density at radius 1 is 1.04 bits per heavy atom. The van der Waals surface area contributed by atoms with Crippen LogP contribution in [0.15, 0.2) is 53.3 Å². The summed E-state index contributed by atoms with van der Waals surface area (Å²) in [4.78, 5) is 29.9. The molecule has 1 aliphatic heterocycles. The molecular weight excluding hydrogens is 690 g/mol. The van der Waals surface area contributed by atoms with E-state index in [0.717, 1.165) is 26.1 Å². The van der Waals surface area contributed by atoms with Crippen molar-refractivity contribution in [3.63, 3.8) is 0 Å². The summed E-state index contributed by atoms with van der Waals surface area (Å²) in [6, 6.07) is 10.2. The largest absolute Gasteiger partial charge is 0.441 e. The van der Waals surface area contributed by atoms with E-state index in [0.29, 0.717) is 11.6 Å². The van der Waals surface area contributed by atoms with Crippen LogP contribution >= 0.6 is 11.6 Å². The highest BCUT2D eigenvalue weighted by molar-refractivity contribution is 6.30. The molecule has 2 aromatic carbocycles. The van der Waals surface area contributed by atoms with Crippen LogP contribution < -0.4 is 16.3 Å². The van der Waals surface area contributed by atoms with Gasteiger partial charge in [0.15, 0.2) is 42.7 Å². The van der Waals surface area contributed by atoms with Crippen molar-refractivity contribution in [2.45, 2.75) is 64.5 Å². The number of rotatable bonds is 13. The molecule has 1 aliphatic rings. The number of alkyl halides is 6. The van der Waals surface area contributed by atoms with Gasteiger partial charge in [0.05, 0.1) is 17.8 Å². The van der Waals surface area contributed by atoms with Crippen molar-refractivity contribution in [2.75, 3.05) is 13.1 Å². The molecule has 4 aromatic rings. The molecule has 49 heavy (non-hydrogen) atoms. The third kappa shape index (κ3) is 8.59. The number of carbonyl (C=O) groups is 1. The predicted molar refractivity (Wildman–Crippen MR) is 160 cm³/mol. The molecule has 1 amide bonds. The van der Waals surface area contributed by atoms with Crippen LogP contribution in [-0.2, 0) is 40.1 Å². The molecule has 20 heteroatoms. The minimum atomic E-state index is -4.92. The van der Waals surface area contributed by atoms with E-state index in [1.807, 2.05) is 0 Å². The number of halogens is 7. The van der Waals surface area contributed by atoms with Crippen molar-refractivity contribution >= 4 is 17.7 Å². The number of hydrogen-bond acceptors (Lipinski definition) is 9. The van der Waals surface area contributed by atoms with Crippen LogP contribution in [0.5, 0.6) is 0 Å². The number of ether oxygens (including phenoxy) is 3. The normalized spacial score (nSPS) is 16.8. The molecule has 13 nitrogen and oxygen atoms in total. The van der Waals surface area contributed by atoms with Crippen molar-refractivity contribution in [3.8, 4) is 17.1 Å². The lowest BCUT2D eigenvalue weighted by Crippen LogP contribution is -2.40. The van der Waals surface area contributed by atoms with Gasteiger partial charge in [-0.1, -0.05) is 30.7 Å². The van der Waals surface area contributed by atoms with Gasteiger partial charge in [-0.2, -0.15) is 26.3 Å². The number of nitrogens with one attached hydrogen (secondary N) is 2. The Hall–Kier alpha value is -4.46. The maximum Gasteiger partial charge on any atom is 0.418 e. The third-order valence-corrected chi connectivity index (χ3v) is 7.25. The highest BCUT2D eigenvalue weighted by atomic mass is 35.5. The number of likely N-dealkylation sites (N-methyl/N-ethyl adjacent to an activating group) is 1. The number of alkyl carbamates (subject to hydrolysis) is 1. The van der Waals surface area contributed by atoms with Gasteiger partial charge in [0.2, 0.25) is 0 Å². The third-order valence-electron chi connectivity index (χ3n) is 6.99. The molecule has 0 aliphatic carbocycles. The molecule has 2 aromatic heterocycles. The topological polar surface area (TPSA) is 143 Å². The van der Waals surface area contributed by atoms with Gasteiger partial charge in [0.1, 0.15) is 6.54 Å². The van der Waals surface area contributed by atoms with Gasteiger partial charge in [-0.3, -0.25) is 9.88 Å². The van der Waals surface area contributed by atoms with Gasteiger partial charge in [0.25, 0.3) is 0 Å². The molecule has 2 unspecified atom stereocenters. The number of amides is 1. The van der Waals surface area contributed by atoms with Crippen LogP contribution in [0.3, 0.4) is 0 Å². The summed E-state index contributed by atoms with van der Waals surface area (Å²) in [5, 5.41) is 13.9. The number of carbonyl (C=O) groups excluding carboxylic acids is 1. The average Bonchev–Trinajstić information content (AvgIpc) is 3.53. The van der Waals surface area contributed by atoms with E-state index in [1.165, 1.54) is 36.4 Å². The minimum Gasteiger partial charge on any atom is -0.441 e. The zero-order valence-electron chi connectivity index (χ0n) is 25.8. The molecule has 3 atom stereocenters. The van der Waals surface area contributed by atoms with Crippen LogP contribution in [0.2, 0.25) is 5.02 Å². The molecule has 264 valence electrons. The van der Waals surface area contributed by atoms with Crippen molar-refractivity contribution in [3.05, 3.63) is 81.3 Å². The lowest BCUT2D eigenvalue weighted by Gasteiger charge is -2.20. The van der Waals surface area contributed by atoms with Gasteiger partial charge in [-0.05, 0) is 49.9 Å². The van der Waals surface area contributed by atoms with Crippen molar-refractivity contribution < 1.29 is 45.3 Å². The zero-order chi connectivity index (χ0) is 35.5. The van der Waals surface area contributed by atoms with Crippen LogP contribution in [-0.4, -0.2) is 73.1 Å². The van der Waals surface area contributed by atoms with Crippen molar-refractivity contribution in [2.24, 2.45) is 0 Å². The Balaban J connectivity index is 1.54. The predicted octanol–water partition coefficient (Wildman–Crippen LogP) is 4.50. The van der Waals surface area contributed by atoms with Gasteiger partial charge in [-0.15, -0.1) is 10.2 Å². The second-order valence-corrected chi connectivity index (χ2v) is 10.9. The van der Waals surface area contributed by atoms with Crippen LogP contribution in [0, 0.1) is 0 Å². The standard InChI is InChI=1S/C29H29ClF6N8O5/c1-3-37-24-25(49-24)48-20(29(34,35)36)13-42-23(16-9-11-17(30)12-10-16)41-43(27(42)46)14-21-39-22(15-47-26(45)38-4-2)44(40-21)19-8-6-5-7-18(19)28(31,32)33/h5-12,20,24-25,37H,3-4,13-15H2,1-2H3,(H,38,45)/t20-,24?,25?/m0/s1. The van der Waals surface area contributed by atoms with E-state index in [4.69, 9.17) is 25.8 Å².